The molecule has 0 bridgehead atoms. The summed E-state index contributed by atoms with van der Waals surface area (Å²) in [5.74, 6) is 0.0312. The van der Waals surface area contributed by atoms with E-state index in [4.69, 9.17) is 0 Å². The molecular formula is C13H19ClN2OS. The standard InChI is InChI=1S/C13H18N2OS.ClH/c1-17-12-7-3-2-6-11(12)13(16)15-9-10-5-4-8-14-10;/h2-3,6-7,10,14H,4-5,8-9H2,1H3,(H,15,16);1H. The minimum absolute atomic E-state index is 0. The van der Waals surface area contributed by atoms with Gasteiger partial charge in [0, 0.05) is 17.5 Å². The number of hydrogen-bond acceptors (Lipinski definition) is 3. The first-order chi connectivity index (χ1) is 8.31. The van der Waals surface area contributed by atoms with Gasteiger partial charge < -0.3 is 10.6 Å². The molecule has 1 fully saturated rings. The molecule has 1 unspecified atom stereocenters. The molecule has 1 saturated heterocycles. The highest BCUT2D eigenvalue weighted by Gasteiger charge is 2.16. The van der Waals surface area contributed by atoms with Crippen LogP contribution in [-0.4, -0.2) is 31.3 Å². The molecule has 0 aromatic heterocycles. The predicted molar refractivity (Wildman–Crippen MR) is 78.8 cm³/mol. The van der Waals surface area contributed by atoms with Gasteiger partial charge in [0.05, 0.1) is 5.56 Å². The Kier molecular flexibility index (Phi) is 6.54. The summed E-state index contributed by atoms with van der Waals surface area (Å²) in [5, 5.41) is 6.37. The van der Waals surface area contributed by atoms with Crippen LogP contribution in [0.1, 0.15) is 23.2 Å². The highest BCUT2D eigenvalue weighted by molar-refractivity contribution is 7.98. The molecule has 0 aliphatic carbocycles. The maximum Gasteiger partial charge on any atom is 0.252 e. The van der Waals surface area contributed by atoms with E-state index in [1.54, 1.807) is 11.8 Å². The minimum Gasteiger partial charge on any atom is -0.350 e. The van der Waals surface area contributed by atoms with E-state index in [-0.39, 0.29) is 18.3 Å². The monoisotopic (exact) mass is 286 g/mol. The maximum absolute atomic E-state index is 12.0. The lowest BCUT2D eigenvalue weighted by atomic mass is 10.2. The summed E-state index contributed by atoms with van der Waals surface area (Å²) in [7, 11) is 0. The van der Waals surface area contributed by atoms with Crippen molar-refractivity contribution in [1.29, 1.82) is 0 Å². The third-order valence-electron chi connectivity index (χ3n) is 3.02. The number of amides is 1. The zero-order chi connectivity index (χ0) is 12.1. The largest absolute Gasteiger partial charge is 0.350 e. The zero-order valence-electron chi connectivity index (χ0n) is 10.4. The normalized spacial score (nSPS) is 18.2. The van der Waals surface area contributed by atoms with Gasteiger partial charge in [0.1, 0.15) is 0 Å². The van der Waals surface area contributed by atoms with E-state index >= 15 is 0 Å². The topological polar surface area (TPSA) is 41.1 Å². The van der Waals surface area contributed by atoms with Crippen LogP contribution in [0.2, 0.25) is 0 Å². The number of hydrogen-bond donors (Lipinski definition) is 2. The molecule has 1 atom stereocenters. The van der Waals surface area contributed by atoms with Gasteiger partial charge in [0.25, 0.3) is 5.91 Å². The molecule has 2 N–H and O–H groups in total. The predicted octanol–water partition coefficient (Wildman–Crippen LogP) is 2.31. The molecular weight excluding hydrogens is 268 g/mol. The SMILES string of the molecule is CSc1ccccc1C(=O)NCC1CCCN1.Cl. The maximum atomic E-state index is 12.0. The number of rotatable bonds is 4. The van der Waals surface area contributed by atoms with Gasteiger partial charge in [-0.2, -0.15) is 0 Å². The molecule has 3 nitrogen and oxygen atoms in total. The summed E-state index contributed by atoms with van der Waals surface area (Å²) in [6.07, 6.45) is 4.36. The van der Waals surface area contributed by atoms with Crippen molar-refractivity contribution >= 4 is 30.1 Å². The molecule has 0 saturated carbocycles. The van der Waals surface area contributed by atoms with Crippen molar-refractivity contribution in [2.45, 2.75) is 23.8 Å². The Morgan fingerprint density at radius 2 is 2.28 bits per heavy atom. The lowest BCUT2D eigenvalue weighted by molar-refractivity contribution is 0.0947. The van der Waals surface area contributed by atoms with Crippen LogP contribution in [0.25, 0.3) is 0 Å². The highest BCUT2D eigenvalue weighted by Crippen LogP contribution is 2.19. The fraction of sp³-hybridized carbons (Fsp3) is 0.462. The first kappa shape index (κ1) is 15.3. The third-order valence-corrected chi connectivity index (χ3v) is 3.82. The highest BCUT2D eigenvalue weighted by atomic mass is 35.5. The Hall–Kier alpha value is -0.710. The average molecular weight is 287 g/mol. The number of halogens is 1. The van der Waals surface area contributed by atoms with Gasteiger partial charge in [0.2, 0.25) is 0 Å². The summed E-state index contributed by atoms with van der Waals surface area (Å²) in [4.78, 5) is 13.1. The molecule has 5 heteroatoms. The van der Waals surface area contributed by atoms with Crippen LogP contribution in [0.4, 0.5) is 0 Å². The van der Waals surface area contributed by atoms with Crippen LogP contribution in [0.3, 0.4) is 0 Å². The van der Waals surface area contributed by atoms with Crippen molar-refractivity contribution in [3.05, 3.63) is 29.8 Å². The Morgan fingerprint density at radius 3 is 2.94 bits per heavy atom. The average Bonchev–Trinajstić information content (AvgIpc) is 2.89. The van der Waals surface area contributed by atoms with Gasteiger partial charge in [-0.1, -0.05) is 12.1 Å². The van der Waals surface area contributed by atoms with Crippen LogP contribution in [0.5, 0.6) is 0 Å². The summed E-state index contributed by atoms with van der Waals surface area (Å²) in [6, 6.07) is 8.17. The molecule has 1 heterocycles. The third kappa shape index (κ3) is 3.90. The summed E-state index contributed by atoms with van der Waals surface area (Å²) >= 11 is 1.61. The van der Waals surface area contributed by atoms with Crippen molar-refractivity contribution in [3.8, 4) is 0 Å². The Morgan fingerprint density at radius 1 is 1.50 bits per heavy atom. The van der Waals surface area contributed by atoms with Gasteiger partial charge >= 0.3 is 0 Å². The summed E-state index contributed by atoms with van der Waals surface area (Å²) < 4.78 is 0. The summed E-state index contributed by atoms with van der Waals surface area (Å²) in [6.45, 7) is 1.80. The molecule has 1 aromatic rings. The second-order valence-corrected chi connectivity index (χ2v) is 5.05. The number of benzene rings is 1. The second kappa shape index (κ2) is 7.67. The van der Waals surface area contributed by atoms with Crippen LogP contribution >= 0.6 is 24.2 Å². The van der Waals surface area contributed by atoms with Gasteiger partial charge in [-0.3, -0.25) is 4.79 Å². The molecule has 0 spiro atoms. The van der Waals surface area contributed by atoms with E-state index in [9.17, 15) is 4.79 Å². The first-order valence-corrected chi connectivity index (χ1v) is 7.18. The molecule has 100 valence electrons. The number of carbonyl (C=O) groups is 1. The van der Waals surface area contributed by atoms with Gasteiger partial charge in [-0.15, -0.1) is 24.2 Å². The van der Waals surface area contributed by atoms with Crippen molar-refractivity contribution in [1.82, 2.24) is 10.6 Å². The van der Waals surface area contributed by atoms with Crippen molar-refractivity contribution < 1.29 is 4.79 Å². The van der Waals surface area contributed by atoms with Crippen molar-refractivity contribution in [2.24, 2.45) is 0 Å². The van der Waals surface area contributed by atoms with Gasteiger partial charge in [-0.25, -0.2) is 0 Å². The Bertz CT molecular complexity index is 394. The second-order valence-electron chi connectivity index (χ2n) is 4.20. The van der Waals surface area contributed by atoms with E-state index in [1.165, 1.54) is 6.42 Å². The summed E-state index contributed by atoms with van der Waals surface area (Å²) in [5.41, 5.74) is 0.776. The first-order valence-electron chi connectivity index (χ1n) is 5.96. The quantitative estimate of drug-likeness (QED) is 0.835. The number of nitrogens with one attached hydrogen (secondary N) is 2. The fourth-order valence-electron chi connectivity index (χ4n) is 2.07. The van der Waals surface area contributed by atoms with Crippen molar-refractivity contribution in [3.63, 3.8) is 0 Å². The van der Waals surface area contributed by atoms with Crippen LogP contribution in [-0.2, 0) is 0 Å². The lowest BCUT2D eigenvalue weighted by Crippen LogP contribution is -2.37. The van der Waals surface area contributed by atoms with E-state index in [1.807, 2.05) is 30.5 Å². The van der Waals surface area contributed by atoms with E-state index in [0.29, 0.717) is 6.04 Å². The Labute approximate surface area is 119 Å². The van der Waals surface area contributed by atoms with Crippen LogP contribution in [0.15, 0.2) is 29.2 Å². The van der Waals surface area contributed by atoms with Crippen molar-refractivity contribution in [2.75, 3.05) is 19.3 Å². The van der Waals surface area contributed by atoms with E-state index in [0.717, 1.165) is 30.0 Å². The number of thioether (sulfide) groups is 1. The van der Waals surface area contributed by atoms with Crippen LogP contribution in [0, 0.1) is 0 Å². The molecule has 1 aromatic carbocycles. The molecule has 18 heavy (non-hydrogen) atoms. The zero-order valence-corrected chi connectivity index (χ0v) is 12.1. The molecule has 0 radical (unpaired) electrons. The molecule has 1 amide bonds. The van der Waals surface area contributed by atoms with E-state index in [2.05, 4.69) is 10.6 Å². The smallest absolute Gasteiger partial charge is 0.252 e. The molecule has 2 rings (SSSR count). The Balaban J connectivity index is 0.00000162. The van der Waals surface area contributed by atoms with E-state index < -0.39 is 0 Å². The van der Waals surface area contributed by atoms with Gasteiger partial charge in [-0.05, 0) is 37.8 Å². The number of carbonyl (C=O) groups excluding carboxylic acids is 1. The van der Waals surface area contributed by atoms with Gasteiger partial charge in [0.15, 0.2) is 0 Å². The minimum atomic E-state index is 0. The lowest BCUT2D eigenvalue weighted by Gasteiger charge is -2.12. The molecule has 1 aliphatic heterocycles. The van der Waals surface area contributed by atoms with Crippen LogP contribution < -0.4 is 10.6 Å². The molecule has 1 aliphatic rings. The fourth-order valence-corrected chi connectivity index (χ4v) is 2.67.